The normalized spacial score (nSPS) is 12.4. The number of benzene rings is 2. The first-order chi connectivity index (χ1) is 9.54. The summed E-state index contributed by atoms with van der Waals surface area (Å²) in [5, 5.41) is 2.94. The third-order valence-corrected chi connectivity index (χ3v) is 3.16. The van der Waals surface area contributed by atoms with Crippen LogP contribution in [0.3, 0.4) is 0 Å². The zero-order valence-corrected chi connectivity index (χ0v) is 11.4. The van der Waals surface area contributed by atoms with Crippen LogP contribution >= 0.6 is 0 Å². The predicted octanol–water partition coefficient (Wildman–Crippen LogP) is 4.11. The van der Waals surface area contributed by atoms with Gasteiger partial charge in [0.15, 0.2) is 0 Å². The summed E-state index contributed by atoms with van der Waals surface area (Å²) < 4.78 is 41.9. The molecule has 1 N–H and O–H groups in total. The highest BCUT2D eigenvalue weighted by atomic mass is 19.1. The lowest BCUT2D eigenvalue weighted by Crippen LogP contribution is -2.25. The monoisotopic (exact) mass is 279 g/mol. The van der Waals surface area contributed by atoms with E-state index in [0.29, 0.717) is 6.54 Å². The fraction of sp³-hybridized carbons (Fsp3) is 0.250. The van der Waals surface area contributed by atoms with Gasteiger partial charge in [0.05, 0.1) is 6.04 Å². The molecule has 0 saturated heterocycles. The SMILES string of the molecule is CCNC(c1cc(C)ccc1F)c1c(F)cccc1F. The van der Waals surface area contributed by atoms with E-state index in [1.165, 1.54) is 24.3 Å². The average molecular weight is 279 g/mol. The highest BCUT2D eigenvalue weighted by molar-refractivity contribution is 5.36. The maximum absolute atomic E-state index is 14.0. The summed E-state index contributed by atoms with van der Waals surface area (Å²) in [4.78, 5) is 0. The van der Waals surface area contributed by atoms with Crippen molar-refractivity contribution in [3.05, 3.63) is 70.5 Å². The van der Waals surface area contributed by atoms with Crippen molar-refractivity contribution in [1.29, 1.82) is 0 Å². The Hall–Kier alpha value is -1.81. The smallest absolute Gasteiger partial charge is 0.131 e. The minimum atomic E-state index is -0.846. The summed E-state index contributed by atoms with van der Waals surface area (Å²) >= 11 is 0. The van der Waals surface area contributed by atoms with E-state index in [1.54, 1.807) is 19.1 Å². The van der Waals surface area contributed by atoms with Crippen LogP contribution in [0, 0.1) is 24.4 Å². The van der Waals surface area contributed by atoms with Crippen LogP contribution in [0.4, 0.5) is 13.2 Å². The van der Waals surface area contributed by atoms with Crippen LogP contribution < -0.4 is 5.32 Å². The Morgan fingerprint density at radius 1 is 1.00 bits per heavy atom. The lowest BCUT2D eigenvalue weighted by molar-refractivity contribution is 0.495. The van der Waals surface area contributed by atoms with E-state index in [2.05, 4.69) is 5.32 Å². The van der Waals surface area contributed by atoms with Crippen molar-refractivity contribution in [2.45, 2.75) is 19.9 Å². The molecular weight excluding hydrogens is 263 g/mol. The molecule has 0 bridgehead atoms. The summed E-state index contributed by atoms with van der Waals surface area (Å²) in [6.07, 6.45) is 0. The van der Waals surface area contributed by atoms with E-state index in [4.69, 9.17) is 0 Å². The molecule has 1 unspecified atom stereocenters. The minimum Gasteiger partial charge on any atom is -0.306 e. The number of aryl methyl sites for hydroxylation is 1. The summed E-state index contributed by atoms with van der Waals surface area (Å²) in [6, 6.07) is 7.35. The molecule has 2 rings (SSSR count). The van der Waals surface area contributed by atoms with Gasteiger partial charge in [-0.15, -0.1) is 0 Å². The molecular formula is C16H16F3N. The van der Waals surface area contributed by atoms with Gasteiger partial charge in [0, 0.05) is 11.1 Å². The highest BCUT2D eigenvalue weighted by Crippen LogP contribution is 2.29. The zero-order valence-electron chi connectivity index (χ0n) is 11.4. The first-order valence-corrected chi connectivity index (χ1v) is 6.48. The van der Waals surface area contributed by atoms with E-state index in [0.717, 1.165) is 5.56 Å². The fourth-order valence-electron chi connectivity index (χ4n) is 2.24. The first-order valence-electron chi connectivity index (χ1n) is 6.48. The summed E-state index contributed by atoms with van der Waals surface area (Å²) in [6.45, 7) is 4.08. The van der Waals surface area contributed by atoms with E-state index in [1.807, 2.05) is 6.92 Å². The van der Waals surface area contributed by atoms with Gasteiger partial charge in [0.1, 0.15) is 17.5 Å². The van der Waals surface area contributed by atoms with Gasteiger partial charge < -0.3 is 5.32 Å². The fourth-order valence-corrected chi connectivity index (χ4v) is 2.24. The van der Waals surface area contributed by atoms with Crippen molar-refractivity contribution in [2.24, 2.45) is 0 Å². The molecule has 0 radical (unpaired) electrons. The van der Waals surface area contributed by atoms with E-state index in [9.17, 15) is 13.2 Å². The van der Waals surface area contributed by atoms with Gasteiger partial charge in [-0.3, -0.25) is 0 Å². The Kier molecular flexibility index (Phi) is 4.45. The van der Waals surface area contributed by atoms with Gasteiger partial charge in [0.2, 0.25) is 0 Å². The average Bonchev–Trinajstić information content (AvgIpc) is 2.40. The molecule has 106 valence electrons. The molecule has 2 aromatic rings. The Balaban J connectivity index is 2.59. The minimum absolute atomic E-state index is 0.154. The third kappa shape index (κ3) is 2.85. The predicted molar refractivity (Wildman–Crippen MR) is 73.0 cm³/mol. The van der Waals surface area contributed by atoms with Gasteiger partial charge in [-0.2, -0.15) is 0 Å². The van der Waals surface area contributed by atoms with Gasteiger partial charge in [-0.1, -0.05) is 30.7 Å². The topological polar surface area (TPSA) is 12.0 Å². The largest absolute Gasteiger partial charge is 0.306 e. The molecule has 0 heterocycles. The van der Waals surface area contributed by atoms with Crippen LogP contribution in [-0.4, -0.2) is 6.54 Å². The summed E-state index contributed by atoms with van der Waals surface area (Å²) in [7, 11) is 0. The molecule has 1 atom stereocenters. The van der Waals surface area contributed by atoms with Crippen molar-refractivity contribution in [3.8, 4) is 0 Å². The lowest BCUT2D eigenvalue weighted by Gasteiger charge is -2.21. The second-order valence-corrected chi connectivity index (χ2v) is 4.65. The molecule has 0 fully saturated rings. The molecule has 0 aliphatic rings. The maximum atomic E-state index is 14.0. The number of nitrogens with one attached hydrogen (secondary N) is 1. The Morgan fingerprint density at radius 3 is 2.25 bits per heavy atom. The Bertz CT molecular complexity index is 590. The molecule has 20 heavy (non-hydrogen) atoms. The van der Waals surface area contributed by atoms with Gasteiger partial charge in [-0.05, 0) is 31.7 Å². The molecule has 1 nitrogen and oxygen atoms in total. The first kappa shape index (κ1) is 14.6. The summed E-state index contributed by atoms with van der Waals surface area (Å²) in [5.41, 5.74) is 0.927. The van der Waals surface area contributed by atoms with Crippen LogP contribution in [0.15, 0.2) is 36.4 Å². The van der Waals surface area contributed by atoms with Crippen LogP contribution in [0.1, 0.15) is 29.7 Å². The van der Waals surface area contributed by atoms with Crippen LogP contribution in [-0.2, 0) is 0 Å². The van der Waals surface area contributed by atoms with Gasteiger partial charge >= 0.3 is 0 Å². The quantitative estimate of drug-likeness (QED) is 0.888. The van der Waals surface area contributed by atoms with Gasteiger partial charge in [0.25, 0.3) is 0 Å². The molecule has 4 heteroatoms. The van der Waals surface area contributed by atoms with E-state index < -0.39 is 23.5 Å². The van der Waals surface area contributed by atoms with Crippen molar-refractivity contribution in [3.63, 3.8) is 0 Å². The third-order valence-electron chi connectivity index (χ3n) is 3.16. The molecule has 0 aliphatic heterocycles. The van der Waals surface area contributed by atoms with Crippen LogP contribution in [0.25, 0.3) is 0 Å². The second kappa shape index (κ2) is 6.09. The van der Waals surface area contributed by atoms with Crippen molar-refractivity contribution >= 4 is 0 Å². The van der Waals surface area contributed by atoms with Crippen molar-refractivity contribution in [2.75, 3.05) is 6.54 Å². The van der Waals surface area contributed by atoms with Crippen LogP contribution in [0.5, 0.6) is 0 Å². The molecule has 0 aromatic heterocycles. The number of hydrogen-bond acceptors (Lipinski definition) is 1. The zero-order chi connectivity index (χ0) is 14.7. The number of rotatable bonds is 4. The molecule has 0 aliphatic carbocycles. The van der Waals surface area contributed by atoms with Crippen molar-refractivity contribution < 1.29 is 13.2 Å². The number of hydrogen-bond donors (Lipinski definition) is 1. The Morgan fingerprint density at radius 2 is 1.65 bits per heavy atom. The molecule has 0 spiro atoms. The molecule has 0 saturated carbocycles. The van der Waals surface area contributed by atoms with Crippen molar-refractivity contribution in [1.82, 2.24) is 5.32 Å². The second-order valence-electron chi connectivity index (χ2n) is 4.65. The van der Waals surface area contributed by atoms with Crippen LogP contribution in [0.2, 0.25) is 0 Å². The molecule has 2 aromatic carbocycles. The van der Waals surface area contributed by atoms with E-state index >= 15 is 0 Å². The molecule has 0 amide bonds. The Labute approximate surface area is 116 Å². The highest BCUT2D eigenvalue weighted by Gasteiger charge is 2.23. The maximum Gasteiger partial charge on any atom is 0.131 e. The number of halogens is 3. The van der Waals surface area contributed by atoms with E-state index in [-0.39, 0.29) is 11.1 Å². The summed E-state index contributed by atoms with van der Waals surface area (Å²) in [5.74, 6) is -1.85. The standard InChI is InChI=1S/C16H16F3N/c1-3-20-16(11-9-10(2)7-8-12(11)17)15-13(18)5-4-6-14(15)19/h4-9,16,20H,3H2,1-2H3. The lowest BCUT2D eigenvalue weighted by atomic mass is 9.95. The van der Waals surface area contributed by atoms with Gasteiger partial charge in [-0.25, -0.2) is 13.2 Å².